The number of hydrogen-bond donors (Lipinski definition) is 0. The molecule has 0 aliphatic heterocycles. The van der Waals surface area contributed by atoms with Gasteiger partial charge < -0.3 is 4.90 Å². The summed E-state index contributed by atoms with van der Waals surface area (Å²) in [6, 6.07) is 3.96. The highest BCUT2D eigenvalue weighted by Crippen LogP contribution is 2.18. The normalized spacial score (nSPS) is 10.6. The average Bonchev–Trinajstić information content (AvgIpc) is 2.75. The third kappa shape index (κ3) is 3.87. The molecular weight excluding hydrogens is 270 g/mol. The van der Waals surface area contributed by atoms with Crippen LogP contribution in [0.3, 0.4) is 0 Å². The third-order valence-corrected chi connectivity index (χ3v) is 4.30. The lowest BCUT2D eigenvalue weighted by Crippen LogP contribution is -2.30. The van der Waals surface area contributed by atoms with Crippen molar-refractivity contribution in [3.05, 3.63) is 45.7 Å². The molecule has 106 valence electrons. The van der Waals surface area contributed by atoms with Crippen LogP contribution in [0.15, 0.2) is 24.5 Å². The zero-order chi connectivity index (χ0) is 14.5. The first-order valence-electron chi connectivity index (χ1n) is 6.62. The summed E-state index contributed by atoms with van der Waals surface area (Å²) in [5, 5.41) is 1.02. The number of aromatic nitrogens is 2. The van der Waals surface area contributed by atoms with E-state index in [1.807, 2.05) is 33.0 Å². The number of nitrogens with zero attached hydrogens (tertiary/aromatic N) is 3. The maximum absolute atomic E-state index is 12.2. The molecule has 4 nitrogen and oxygen atoms in total. The van der Waals surface area contributed by atoms with Crippen LogP contribution in [0.25, 0.3) is 0 Å². The van der Waals surface area contributed by atoms with E-state index in [0.717, 1.165) is 28.5 Å². The quantitative estimate of drug-likeness (QED) is 0.849. The molecule has 1 amide bonds. The van der Waals surface area contributed by atoms with E-state index in [9.17, 15) is 4.79 Å². The Morgan fingerprint density at radius 1 is 1.30 bits per heavy atom. The number of likely N-dealkylation sites (N-methyl/N-ethyl adjacent to an activating group) is 1. The molecule has 5 heteroatoms. The second-order valence-corrected chi connectivity index (χ2v) is 6.13. The largest absolute Gasteiger partial charge is 0.345 e. The van der Waals surface area contributed by atoms with Crippen molar-refractivity contribution in [2.75, 3.05) is 13.6 Å². The van der Waals surface area contributed by atoms with Gasteiger partial charge in [-0.05, 0) is 38.0 Å². The second-order valence-electron chi connectivity index (χ2n) is 4.84. The second kappa shape index (κ2) is 6.61. The van der Waals surface area contributed by atoms with E-state index in [1.54, 1.807) is 28.6 Å². The molecule has 0 aliphatic rings. The number of hydrogen-bond acceptors (Lipinski definition) is 4. The highest BCUT2D eigenvalue weighted by Gasteiger charge is 2.13. The van der Waals surface area contributed by atoms with Crippen LogP contribution < -0.4 is 0 Å². The maximum Gasteiger partial charge on any atom is 0.227 e. The Kier molecular flexibility index (Phi) is 4.84. The zero-order valence-corrected chi connectivity index (χ0v) is 12.9. The number of carbonyl (C=O) groups is 1. The Balaban J connectivity index is 1.87. The molecule has 0 saturated heterocycles. The molecule has 0 spiro atoms. The summed E-state index contributed by atoms with van der Waals surface area (Å²) in [6.07, 6.45) is 4.86. The molecule has 0 unspecified atom stereocenters. The van der Waals surface area contributed by atoms with Crippen molar-refractivity contribution in [2.45, 2.75) is 26.7 Å². The van der Waals surface area contributed by atoms with E-state index in [2.05, 4.69) is 9.97 Å². The topological polar surface area (TPSA) is 46.1 Å². The molecule has 0 fully saturated rings. The Morgan fingerprint density at radius 3 is 2.60 bits per heavy atom. The Hall–Kier alpha value is -1.75. The molecule has 20 heavy (non-hydrogen) atoms. The van der Waals surface area contributed by atoms with Gasteiger partial charge >= 0.3 is 0 Å². The first kappa shape index (κ1) is 14.7. The van der Waals surface area contributed by atoms with Crippen LogP contribution in [0.4, 0.5) is 0 Å². The third-order valence-electron chi connectivity index (χ3n) is 3.22. The predicted molar refractivity (Wildman–Crippen MR) is 80.9 cm³/mol. The number of rotatable bonds is 5. The van der Waals surface area contributed by atoms with Crippen LogP contribution >= 0.6 is 11.3 Å². The van der Waals surface area contributed by atoms with Gasteiger partial charge in [0.15, 0.2) is 0 Å². The van der Waals surface area contributed by atoms with Gasteiger partial charge in [0, 0.05) is 30.9 Å². The van der Waals surface area contributed by atoms with Crippen molar-refractivity contribution in [1.29, 1.82) is 0 Å². The molecular formula is C15H19N3OS. The molecule has 0 N–H and O–H groups in total. The molecule has 2 aromatic rings. The Bertz CT molecular complexity index is 580. The van der Waals surface area contributed by atoms with E-state index in [0.29, 0.717) is 6.42 Å². The van der Waals surface area contributed by atoms with Crippen molar-refractivity contribution < 1.29 is 4.79 Å². The highest BCUT2D eigenvalue weighted by molar-refractivity contribution is 7.11. The predicted octanol–water partition coefficient (Wildman–Crippen LogP) is 2.40. The first-order valence-corrected chi connectivity index (χ1v) is 7.43. The summed E-state index contributed by atoms with van der Waals surface area (Å²) in [7, 11) is 1.85. The smallest absolute Gasteiger partial charge is 0.227 e. The monoisotopic (exact) mass is 289 g/mol. The fourth-order valence-corrected chi connectivity index (χ4v) is 2.91. The molecule has 0 aromatic carbocycles. The number of carbonyl (C=O) groups excluding carboxylic acids is 1. The van der Waals surface area contributed by atoms with Gasteiger partial charge in [-0.2, -0.15) is 0 Å². The van der Waals surface area contributed by atoms with Crippen molar-refractivity contribution in [3.63, 3.8) is 0 Å². The molecule has 2 rings (SSSR count). The van der Waals surface area contributed by atoms with Crippen LogP contribution in [-0.2, 0) is 17.6 Å². The van der Waals surface area contributed by atoms with Gasteiger partial charge in [0.05, 0.1) is 17.1 Å². The molecule has 0 bridgehead atoms. The van der Waals surface area contributed by atoms with Crippen LogP contribution in [0, 0.1) is 13.8 Å². The van der Waals surface area contributed by atoms with Crippen molar-refractivity contribution in [3.8, 4) is 0 Å². The number of aryl methyl sites for hydroxylation is 2. The van der Waals surface area contributed by atoms with E-state index in [1.165, 1.54) is 5.56 Å². The van der Waals surface area contributed by atoms with Gasteiger partial charge in [-0.1, -0.05) is 0 Å². The van der Waals surface area contributed by atoms with Crippen LogP contribution in [0.2, 0.25) is 0 Å². The fraction of sp³-hybridized carbons (Fsp3) is 0.400. The minimum atomic E-state index is 0.144. The molecule has 0 saturated carbocycles. The van der Waals surface area contributed by atoms with Gasteiger partial charge in [0.2, 0.25) is 5.91 Å². The minimum absolute atomic E-state index is 0.144. The van der Waals surface area contributed by atoms with Crippen molar-refractivity contribution in [1.82, 2.24) is 14.9 Å². The molecule has 2 aromatic heterocycles. The standard InChI is InChI=1S/C15H19N3OS/c1-11-14(20-12(2)17-11)10-15(19)18(3)9-6-13-4-7-16-8-5-13/h4-5,7-8H,6,9-10H2,1-3H3. The van der Waals surface area contributed by atoms with Crippen molar-refractivity contribution in [2.24, 2.45) is 0 Å². The molecule has 2 heterocycles. The lowest BCUT2D eigenvalue weighted by atomic mass is 10.2. The number of thiazole rings is 1. The van der Waals surface area contributed by atoms with Gasteiger partial charge in [-0.3, -0.25) is 9.78 Å². The molecule has 0 aliphatic carbocycles. The van der Waals surface area contributed by atoms with Gasteiger partial charge in [-0.25, -0.2) is 4.98 Å². The summed E-state index contributed by atoms with van der Waals surface area (Å²) in [5.74, 6) is 0.144. The number of pyridine rings is 1. The van der Waals surface area contributed by atoms with Gasteiger partial charge in [0.25, 0.3) is 0 Å². The average molecular weight is 289 g/mol. The Morgan fingerprint density at radius 2 is 2.00 bits per heavy atom. The SMILES string of the molecule is Cc1nc(C)c(CC(=O)N(C)CCc2ccncc2)s1. The summed E-state index contributed by atoms with van der Waals surface area (Å²) in [4.78, 5) is 23.4. The van der Waals surface area contributed by atoms with Crippen LogP contribution in [0.5, 0.6) is 0 Å². The first-order chi connectivity index (χ1) is 9.56. The summed E-state index contributed by atoms with van der Waals surface area (Å²) < 4.78 is 0. The minimum Gasteiger partial charge on any atom is -0.345 e. The number of amides is 1. The van der Waals surface area contributed by atoms with E-state index < -0.39 is 0 Å². The van der Waals surface area contributed by atoms with Crippen LogP contribution in [-0.4, -0.2) is 34.4 Å². The van der Waals surface area contributed by atoms with Gasteiger partial charge in [-0.15, -0.1) is 11.3 Å². The highest BCUT2D eigenvalue weighted by atomic mass is 32.1. The van der Waals surface area contributed by atoms with E-state index >= 15 is 0 Å². The Labute approximate surface area is 123 Å². The summed E-state index contributed by atoms with van der Waals surface area (Å²) in [6.45, 7) is 4.65. The summed E-state index contributed by atoms with van der Waals surface area (Å²) in [5.41, 5.74) is 2.17. The molecule has 0 radical (unpaired) electrons. The maximum atomic E-state index is 12.2. The lowest BCUT2D eigenvalue weighted by Gasteiger charge is -2.16. The zero-order valence-electron chi connectivity index (χ0n) is 12.1. The van der Waals surface area contributed by atoms with Crippen LogP contribution in [0.1, 0.15) is 21.1 Å². The van der Waals surface area contributed by atoms with E-state index in [-0.39, 0.29) is 5.91 Å². The lowest BCUT2D eigenvalue weighted by molar-refractivity contribution is -0.129. The van der Waals surface area contributed by atoms with E-state index in [4.69, 9.17) is 0 Å². The fourth-order valence-electron chi connectivity index (χ4n) is 1.98. The molecule has 0 atom stereocenters. The van der Waals surface area contributed by atoms with Gasteiger partial charge in [0.1, 0.15) is 0 Å². The summed E-state index contributed by atoms with van der Waals surface area (Å²) >= 11 is 1.61. The van der Waals surface area contributed by atoms with Crippen molar-refractivity contribution >= 4 is 17.2 Å².